The molecule has 0 spiro atoms. The molecule has 0 aliphatic heterocycles. The van der Waals surface area contributed by atoms with Gasteiger partial charge in [0, 0.05) is 45.4 Å². The third kappa shape index (κ3) is 10.4. The van der Waals surface area contributed by atoms with E-state index in [1.165, 1.54) is 60.8 Å². The predicted octanol–water partition coefficient (Wildman–Crippen LogP) is 6.25. The van der Waals surface area contributed by atoms with Crippen LogP contribution in [0, 0.1) is 6.92 Å². The van der Waals surface area contributed by atoms with E-state index in [0.29, 0.717) is 49.2 Å². The first-order valence-electron chi connectivity index (χ1n) is 18.6. The van der Waals surface area contributed by atoms with Gasteiger partial charge in [0.15, 0.2) is 0 Å². The van der Waals surface area contributed by atoms with E-state index >= 15 is 0 Å². The van der Waals surface area contributed by atoms with Gasteiger partial charge < -0.3 is 20.1 Å². The van der Waals surface area contributed by atoms with Gasteiger partial charge in [0.1, 0.15) is 23.2 Å². The highest BCUT2D eigenvalue weighted by Gasteiger charge is 2.31. The minimum atomic E-state index is -4.46. The third-order valence-corrected chi connectivity index (χ3v) is 12.6. The number of carbonyl (C=O) groups excluding carboxylic acids is 2. The van der Waals surface area contributed by atoms with Crippen LogP contribution >= 0.6 is 45.3 Å². The summed E-state index contributed by atoms with van der Waals surface area (Å²) in [6.07, 6.45) is -4.57. The maximum atomic E-state index is 13.0. The first kappa shape index (κ1) is 43.6. The van der Waals surface area contributed by atoms with Crippen LogP contribution in [0.5, 0.6) is 0 Å². The van der Waals surface area contributed by atoms with Gasteiger partial charge in [-0.3, -0.25) is 19.2 Å². The molecule has 0 saturated heterocycles. The lowest BCUT2D eigenvalue weighted by molar-refractivity contribution is -0.143. The molecule has 0 bridgehead atoms. The van der Waals surface area contributed by atoms with Crippen molar-refractivity contribution in [2.24, 2.45) is 5.73 Å². The van der Waals surface area contributed by atoms with Crippen molar-refractivity contribution >= 4 is 99.3 Å². The van der Waals surface area contributed by atoms with Crippen molar-refractivity contribution in [1.82, 2.24) is 34.4 Å². The number of rotatable bonds is 13. The Morgan fingerprint density at radius 1 is 0.738 bits per heavy atom. The molecule has 8 aromatic rings. The Labute approximate surface area is 360 Å². The summed E-state index contributed by atoms with van der Waals surface area (Å²) in [6.45, 7) is 3.51. The summed E-state index contributed by atoms with van der Waals surface area (Å²) in [7, 11) is 3.73. The van der Waals surface area contributed by atoms with Crippen LogP contribution in [0.2, 0.25) is 0 Å². The Morgan fingerprint density at radius 3 is 1.74 bits per heavy atom. The van der Waals surface area contributed by atoms with E-state index in [2.05, 4.69) is 20.2 Å². The first-order valence-corrected chi connectivity index (χ1v) is 22.1. The molecule has 0 aliphatic rings. The van der Waals surface area contributed by atoms with Crippen LogP contribution < -0.4 is 16.9 Å². The average Bonchev–Trinajstić information content (AvgIpc) is 4.03. The van der Waals surface area contributed by atoms with Crippen LogP contribution in [0.25, 0.3) is 42.0 Å². The monoisotopic (exact) mass is 910 g/mol. The molecule has 0 atom stereocenters. The van der Waals surface area contributed by atoms with Crippen LogP contribution in [0.3, 0.4) is 0 Å². The maximum absolute atomic E-state index is 13.0. The molecule has 2 N–H and O–H groups in total. The number of carbonyl (C=O) groups is 2. The van der Waals surface area contributed by atoms with Gasteiger partial charge in [0.2, 0.25) is 0 Å². The summed E-state index contributed by atoms with van der Waals surface area (Å²) in [5.74, 6) is -0.868. The van der Waals surface area contributed by atoms with Crippen LogP contribution in [-0.4, -0.2) is 86.8 Å². The van der Waals surface area contributed by atoms with Crippen molar-refractivity contribution in [2.75, 3.05) is 40.4 Å². The zero-order chi connectivity index (χ0) is 43.4. The number of hydrogen-bond acceptors (Lipinski definition) is 16. The predicted molar refractivity (Wildman–Crippen MR) is 232 cm³/mol. The van der Waals surface area contributed by atoms with Crippen molar-refractivity contribution in [2.45, 2.75) is 39.0 Å². The maximum Gasteiger partial charge on any atom is 0.416 e. The summed E-state index contributed by atoms with van der Waals surface area (Å²) < 4.78 is 53.5. The first-order chi connectivity index (χ1) is 29.2. The molecule has 6 aromatic heterocycles. The van der Waals surface area contributed by atoms with E-state index in [9.17, 15) is 32.3 Å². The highest BCUT2D eigenvalue weighted by Crippen LogP contribution is 2.33. The molecule has 0 saturated carbocycles. The molecule has 0 aliphatic carbocycles. The van der Waals surface area contributed by atoms with E-state index < -0.39 is 23.7 Å². The number of esters is 2. The molecular formula is C40H37F3N8O6S4. The van der Waals surface area contributed by atoms with Gasteiger partial charge in [-0.2, -0.15) is 46.0 Å². The SMILES string of the molecule is CN(C)CCOC(=O)Cc1nn(Cc2nc3cc(C(F)(F)F)ccc3s2)c(=O)c2cscc12.Cc1ccc2sc(Cn3nc(CC(=O)OCCN)c4cscc4c3=O)nc2c1. The second-order valence-corrected chi connectivity index (χ2v) is 17.7. The lowest BCUT2D eigenvalue weighted by atomic mass is 10.2. The van der Waals surface area contributed by atoms with Crippen molar-refractivity contribution < 1.29 is 32.2 Å². The zero-order valence-electron chi connectivity index (χ0n) is 32.9. The summed E-state index contributed by atoms with van der Waals surface area (Å²) in [6, 6.07) is 9.45. The standard InChI is InChI=1S/C21H19F3N4O3S2.C19H18N4O3S2/c1-27(2)5-6-31-19(29)8-15-13-10-32-11-14(13)20(30)28(26-15)9-18-25-16-7-12(21(22,23)24)3-4-17(16)33-18;1-11-2-3-16-15(6-11)21-17(28-16)8-23-19(25)13-10-27-9-12(13)14(22-23)7-18(24)26-5-4-20/h3-4,7,10-11H,5-6,8-9H2,1-2H3;2-3,6,9-10H,4-5,7-8,20H2,1H3. The van der Waals surface area contributed by atoms with Crippen molar-refractivity contribution in [3.05, 3.63) is 111 Å². The fraction of sp³-hybridized carbons (Fsp3) is 0.300. The van der Waals surface area contributed by atoms with Crippen LogP contribution in [0.15, 0.2) is 67.5 Å². The smallest absolute Gasteiger partial charge is 0.416 e. The number of nitrogens with two attached hydrogens (primary N) is 1. The Kier molecular flexibility index (Phi) is 13.4. The molecule has 6 heterocycles. The Bertz CT molecular complexity index is 3000. The second-order valence-electron chi connectivity index (χ2n) is 14.0. The van der Waals surface area contributed by atoms with E-state index in [0.717, 1.165) is 32.9 Å². The fourth-order valence-electron chi connectivity index (χ4n) is 6.13. The van der Waals surface area contributed by atoms with Gasteiger partial charge in [0.05, 0.1) is 74.1 Å². The van der Waals surface area contributed by atoms with E-state index in [-0.39, 0.29) is 62.3 Å². The number of nitrogens with zero attached hydrogens (tertiary/aromatic N) is 7. The number of likely N-dealkylation sites (N-methyl/N-ethyl adjacent to an activating group) is 1. The van der Waals surface area contributed by atoms with Crippen molar-refractivity contribution in [3.8, 4) is 0 Å². The molecule has 0 unspecified atom stereocenters. The Balaban J connectivity index is 0.000000186. The number of halogens is 3. The summed E-state index contributed by atoms with van der Waals surface area (Å²) in [4.78, 5) is 60.8. The molecule has 0 radical (unpaired) electrons. The van der Waals surface area contributed by atoms with E-state index in [4.69, 9.17) is 15.2 Å². The van der Waals surface area contributed by atoms with E-state index in [1.54, 1.807) is 16.1 Å². The number of thiazole rings is 2. The van der Waals surface area contributed by atoms with Gasteiger partial charge in [-0.05, 0) is 56.9 Å². The van der Waals surface area contributed by atoms with Crippen LogP contribution in [0.4, 0.5) is 13.2 Å². The number of hydrogen-bond donors (Lipinski definition) is 1. The van der Waals surface area contributed by atoms with Crippen LogP contribution in [0.1, 0.15) is 32.5 Å². The van der Waals surface area contributed by atoms with Gasteiger partial charge in [-0.1, -0.05) is 6.07 Å². The van der Waals surface area contributed by atoms with Crippen molar-refractivity contribution in [3.63, 3.8) is 0 Å². The zero-order valence-corrected chi connectivity index (χ0v) is 36.1. The third-order valence-electron chi connectivity index (χ3n) is 9.08. The molecule has 8 rings (SSSR count). The van der Waals surface area contributed by atoms with Gasteiger partial charge >= 0.3 is 18.1 Å². The summed E-state index contributed by atoms with van der Waals surface area (Å²) in [5.41, 5.74) is 7.23. The lowest BCUT2D eigenvalue weighted by Crippen LogP contribution is -2.26. The number of ether oxygens (including phenoxy) is 2. The molecule has 318 valence electrons. The molecule has 0 amide bonds. The largest absolute Gasteiger partial charge is 0.464 e. The number of thiophene rings is 2. The molecule has 61 heavy (non-hydrogen) atoms. The van der Waals surface area contributed by atoms with Crippen molar-refractivity contribution in [1.29, 1.82) is 0 Å². The average molecular weight is 911 g/mol. The Morgan fingerprint density at radius 2 is 1.23 bits per heavy atom. The highest BCUT2D eigenvalue weighted by molar-refractivity contribution is 7.18. The minimum absolute atomic E-state index is 0.00739. The lowest BCUT2D eigenvalue weighted by Gasteiger charge is -2.11. The van der Waals surface area contributed by atoms with Crippen LogP contribution in [-0.2, 0) is 51.2 Å². The summed E-state index contributed by atoms with van der Waals surface area (Å²) in [5, 5.41) is 19.4. The van der Waals surface area contributed by atoms with Gasteiger partial charge in [-0.25, -0.2) is 19.3 Å². The molecule has 0 fully saturated rings. The number of fused-ring (bicyclic) bond motifs is 4. The summed E-state index contributed by atoms with van der Waals surface area (Å²) >= 11 is 5.45. The number of aromatic nitrogens is 6. The number of alkyl halides is 3. The molecule has 2 aromatic carbocycles. The molecular weight excluding hydrogens is 874 g/mol. The fourth-order valence-corrected chi connectivity index (χ4v) is 9.66. The Hall–Kier alpha value is -5.45. The topological polar surface area (TPSA) is 177 Å². The molecule has 21 heteroatoms. The van der Waals surface area contributed by atoms with Gasteiger partial charge in [-0.15, -0.1) is 22.7 Å². The second kappa shape index (κ2) is 18.7. The highest BCUT2D eigenvalue weighted by atomic mass is 32.1. The number of aryl methyl sites for hydroxylation is 1. The molecule has 14 nitrogen and oxygen atoms in total. The minimum Gasteiger partial charge on any atom is -0.464 e. The quantitative estimate of drug-likeness (QED) is 0.129. The number of benzene rings is 2. The van der Waals surface area contributed by atoms with Gasteiger partial charge in [0.25, 0.3) is 11.1 Å². The van der Waals surface area contributed by atoms with E-state index in [1.807, 2.05) is 49.5 Å². The normalized spacial score (nSPS) is 11.8.